The Morgan fingerprint density at radius 3 is 2.29 bits per heavy atom. The first kappa shape index (κ1) is 16.1. The van der Waals surface area contributed by atoms with Crippen molar-refractivity contribution < 1.29 is 22.6 Å². The van der Waals surface area contributed by atoms with Crippen molar-refractivity contribution in [2.24, 2.45) is 5.73 Å². The minimum absolute atomic E-state index is 0.258. The zero-order valence-electron chi connectivity index (χ0n) is 10.6. The smallest absolute Gasteiger partial charge is 0.484 e. The third-order valence-electron chi connectivity index (χ3n) is 2.45. The first-order valence-electron chi connectivity index (χ1n) is 5.84. The van der Waals surface area contributed by atoms with Gasteiger partial charge in [0.05, 0.1) is 0 Å². The average Bonchev–Trinajstić information content (AvgIpc) is 2.82. The molecule has 0 aliphatic rings. The minimum Gasteiger partial charge on any atom is -0.484 e. The van der Waals surface area contributed by atoms with Crippen LogP contribution in [0.2, 0.25) is 0 Å². The molecule has 3 nitrogen and oxygen atoms in total. The first-order chi connectivity index (χ1) is 9.87. The van der Waals surface area contributed by atoms with Gasteiger partial charge in [-0.25, -0.2) is 0 Å². The predicted octanol–water partition coefficient (Wildman–Crippen LogP) is 4.49. The van der Waals surface area contributed by atoms with Crippen LogP contribution >= 0.6 is 27.3 Å². The Labute approximate surface area is 131 Å². The number of benzene rings is 1. The fourth-order valence-corrected chi connectivity index (χ4v) is 3.09. The van der Waals surface area contributed by atoms with E-state index in [9.17, 15) is 13.2 Å². The summed E-state index contributed by atoms with van der Waals surface area (Å²) in [6, 6.07) is 7.10. The van der Waals surface area contributed by atoms with Crippen molar-refractivity contribution in [2.45, 2.75) is 12.5 Å². The summed E-state index contributed by atoms with van der Waals surface area (Å²) in [5.41, 5.74) is 5.67. The highest BCUT2D eigenvalue weighted by molar-refractivity contribution is 9.10. The normalized spacial score (nSPS) is 13.0. The van der Waals surface area contributed by atoms with Crippen LogP contribution in [0.1, 0.15) is 11.0 Å². The van der Waals surface area contributed by atoms with E-state index in [4.69, 9.17) is 10.5 Å². The lowest BCUT2D eigenvalue weighted by molar-refractivity contribution is -0.274. The summed E-state index contributed by atoms with van der Waals surface area (Å²) in [6.45, 7) is 0.258. The Morgan fingerprint density at radius 1 is 1.19 bits per heavy atom. The quantitative estimate of drug-likeness (QED) is 0.829. The van der Waals surface area contributed by atoms with Crippen molar-refractivity contribution >= 4 is 27.3 Å². The summed E-state index contributed by atoms with van der Waals surface area (Å²) >= 11 is 4.83. The van der Waals surface area contributed by atoms with Gasteiger partial charge in [-0.05, 0) is 46.3 Å². The predicted molar refractivity (Wildman–Crippen MR) is 77.6 cm³/mol. The number of halogens is 4. The number of thiophene rings is 1. The van der Waals surface area contributed by atoms with Crippen LogP contribution in [0.4, 0.5) is 13.2 Å². The maximum absolute atomic E-state index is 12.1. The van der Waals surface area contributed by atoms with E-state index in [1.165, 1.54) is 35.6 Å². The molecule has 0 radical (unpaired) electrons. The van der Waals surface area contributed by atoms with Crippen molar-refractivity contribution in [3.8, 4) is 11.5 Å². The zero-order chi connectivity index (χ0) is 15.5. The maximum Gasteiger partial charge on any atom is 0.573 e. The first-order valence-corrected chi connectivity index (χ1v) is 7.51. The van der Waals surface area contributed by atoms with Crippen LogP contribution in [-0.2, 0) is 0 Å². The molecule has 0 bridgehead atoms. The summed E-state index contributed by atoms with van der Waals surface area (Å²) in [7, 11) is 0. The lowest BCUT2D eigenvalue weighted by atomic mass is 10.2. The van der Waals surface area contributed by atoms with Gasteiger partial charge >= 0.3 is 6.36 Å². The third-order valence-corrected chi connectivity index (χ3v) is 4.24. The van der Waals surface area contributed by atoms with Crippen LogP contribution in [0.25, 0.3) is 0 Å². The van der Waals surface area contributed by atoms with Gasteiger partial charge in [-0.2, -0.15) is 0 Å². The Bertz CT molecular complexity index is 586. The topological polar surface area (TPSA) is 44.5 Å². The summed E-state index contributed by atoms with van der Waals surface area (Å²) in [5.74, 6) is 0.127. The highest BCUT2D eigenvalue weighted by atomic mass is 79.9. The minimum atomic E-state index is -4.70. The number of nitrogens with two attached hydrogens (primary N) is 1. The van der Waals surface area contributed by atoms with E-state index in [0.29, 0.717) is 5.75 Å². The SMILES string of the molecule is NCC(Oc1ccc(OC(F)(F)F)cc1)c1cc(Br)cs1. The van der Waals surface area contributed by atoms with Crippen LogP contribution in [0.15, 0.2) is 40.2 Å². The van der Waals surface area contributed by atoms with E-state index in [0.717, 1.165) is 9.35 Å². The van der Waals surface area contributed by atoms with Crippen LogP contribution in [0, 0.1) is 0 Å². The molecule has 1 aromatic carbocycles. The highest BCUT2D eigenvalue weighted by Gasteiger charge is 2.31. The molecule has 2 rings (SSSR count). The van der Waals surface area contributed by atoms with Gasteiger partial charge in [-0.3, -0.25) is 0 Å². The molecular formula is C13H11BrF3NO2S. The highest BCUT2D eigenvalue weighted by Crippen LogP contribution is 2.30. The third kappa shape index (κ3) is 4.90. The molecule has 0 fully saturated rings. The zero-order valence-corrected chi connectivity index (χ0v) is 13.0. The van der Waals surface area contributed by atoms with Gasteiger partial charge in [0.25, 0.3) is 0 Å². The molecule has 21 heavy (non-hydrogen) atoms. The Kier molecular flexibility index (Phi) is 5.13. The largest absolute Gasteiger partial charge is 0.573 e. The molecule has 0 aliphatic carbocycles. The number of rotatable bonds is 5. The summed E-state index contributed by atoms with van der Waals surface area (Å²) in [6.07, 6.45) is -5.05. The number of alkyl halides is 3. The molecule has 114 valence electrons. The summed E-state index contributed by atoms with van der Waals surface area (Å²) in [5, 5.41) is 1.90. The van der Waals surface area contributed by atoms with Crippen LogP contribution in [0.5, 0.6) is 11.5 Å². The Hall–Kier alpha value is -1.25. The molecular weight excluding hydrogens is 371 g/mol. The van der Waals surface area contributed by atoms with E-state index in [2.05, 4.69) is 20.7 Å². The second-order valence-corrected chi connectivity index (χ2v) is 5.89. The van der Waals surface area contributed by atoms with Crippen molar-refractivity contribution in [2.75, 3.05) is 6.54 Å². The second-order valence-electron chi connectivity index (χ2n) is 4.03. The molecule has 1 unspecified atom stereocenters. The van der Waals surface area contributed by atoms with Gasteiger partial charge < -0.3 is 15.2 Å². The number of ether oxygens (including phenoxy) is 2. The Balaban J connectivity index is 2.05. The maximum atomic E-state index is 12.1. The average molecular weight is 382 g/mol. The van der Waals surface area contributed by atoms with Gasteiger partial charge in [-0.15, -0.1) is 24.5 Å². The van der Waals surface area contributed by atoms with E-state index in [1.54, 1.807) is 0 Å². The van der Waals surface area contributed by atoms with E-state index < -0.39 is 6.36 Å². The van der Waals surface area contributed by atoms with Gasteiger partial charge in [0.1, 0.15) is 17.6 Å². The van der Waals surface area contributed by atoms with Crippen molar-refractivity contribution in [3.63, 3.8) is 0 Å². The van der Waals surface area contributed by atoms with Crippen molar-refractivity contribution in [3.05, 3.63) is 45.1 Å². The van der Waals surface area contributed by atoms with Crippen LogP contribution < -0.4 is 15.2 Å². The van der Waals surface area contributed by atoms with Crippen molar-refractivity contribution in [1.29, 1.82) is 0 Å². The molecule has 2 N–H and O–H groups in total. The molecule has 0 saturated heterocycles. The van der Waals surface area contributed by atoms with Gasteiger partial charge in [0.15, 0.2) is 0 Å². The van der Waals surface area contributed by atoms with E-state index >= 15 is 0 Å². The molecule has 0 saturated carbocycles. The molecule has 8 heteroatoms. The van der Waals surface area contributed by atoms with Gasteiger partial charge in [0, 0.05) is 21.3 Å². The second kappa shape index (κ2) is 6.67. The summed E-state index contributed by atoms with van der Waals surface area (Å²) in [4.78, 5) is 0.931. The molecule has 0 spiro atoms. The molecule has 0 amide bonds. The molecule has 1 aromatic heterocycles. The van der Waals surface area contributed by atoms with Gasteiger partial charge in [0.2, 0.25) is 0 Å². The van der Waals surface area contributed by atoms with E-state index in [-0.39, 0.29) is 18.4 Å². The standard InChI is InChI=1S/C13H11BrF3NO2S/c14-8-5-12(21-7-8)11(6-18)19-9-1-3-10(4-2-9)20-13(15,16)17/h1-5,7,11H,6,18H2. The molecule has 1 heterocycles. The van der Waals surface area contributed by atoms with Crippen LogP contribution in [0.3, 0.4) is 0 Å². The molecule has 1 atom stereocenters. The lowest BCUT2D eigenvalue weighted by Crippen LogP contribution is -2.18. The molecule has 0 aliphatic heterocycles. The molecule has 2 aromatic rings. The fraction of sp³-hybridized carbons (Fsp3) is 0.231. The van der Waals surface area contributed by atoms with Gasteiger partial charge in [-0.1, -0.05) is 0 Å². The number of hydrogen-bond donors (Lipinski definition) is 1. The Morgan fingerprint density at radius 2 is 1.81 bits per heavy atom. The fourth-order valence-electron chi connectivity index (χ4n) is 1.60. The summed E-state index contributed by atoms with van der Waals surface area (Å²) < 4.78 is 46.6. The van der Waals surface area contributed by atoms with Crippen LogP contribution in [-0.4, -0.2) is 12.9 Å². The van der Waals surface area contributed by atoms with Crippen molar-refractivity contribution in [1.82, 2.24) is 0 Å². The van der Waals surface area contributed by atoms with E-state index in [1.807, 2.05) is 11.4 Å². The number of hydrogen-bond acceptors (Lipinski definition) is 4. The monoisotopic (exact) mass is 381 g/mol. The lowest BCUT2D eigenvalue weighted by Gasteiger charge is -2.16.